The van der Waals surface area contributed by atoms with Crippen molar-refractivity contribution in [1.82, 2.24) is 10.2 Å². The minimum Gasteiger partial charge on any atom is -0.406 e. The summed E-state index contributed by atoms with van der Waals surface area (Å²) in [4.78, 5) is 2.43. The number of alkyl halides is 3. The Balaban J connectivity index is 1.75. The Bertz CT molecular complexity index is 428. The Hall–Kier alpha value is -1.27. The fourth-order valence-corrected chi connectivity index (χ4v) is 2.52. The molecule has 1 aliphatic heterocycles. The van der Waals surface area contributed by atoms with E-state index in [0.29, 0.717) is 12.6 Å². The molecule has 0 aliphatic carbocycles. The van der Waals surface area contributed by atoms with Gasteiger partial charge in [0.15, 0.2) is 0 Å². The summed E-state index contributed by atoms with van der Waals surface area (Å²) in [6.45, 7) is 6.10. The summed E-state index contributed by atoms with van der Waals surface area (Å²) in [7, 11) is 0. The van der Waals surface area contributed by atoms with Gasteiger partial charge >= 0.3 is 6.36 Å². The summed E-state index contributed by atoms with van der Waals surface area (Å²) in [6.07, 6.45) is -2.09. The molecule has 1 aromatic rings. The molecule has 21 heavy (non-hydrogen) atoms. The van der Waals surface area contributed by atoms with Crippen LogP contribution >= 0.6 is 0 Å². The van der Waals surface area contributed by atoms with Crippen LogP contribution in [0.3, 0.4) is 0 Å². The third-order valence-corrected chi connectivity index (χ3v) is 3.54. The molecule has 1 unspecified atom stereocenters. The van der Waals surface area contributed by atoms with Crippen molar-refractivity contribution >= 4 is 0 Å². The standard InChI is InChI=1S/C15H21F3N2O/c1-12(11-20-8-2-3-9-20)19-10-13-4-6-14(7-5-13)21-15(16,17)18/h4-7,12,19H,2-3,8-11H2,1H3. The molecule has 1 N–H and O–H groups in total. The maximum atomic E-state index is 12.1. The first kappa shape index (κ1) is 16.1. The molecule has 0 bridgehead atoms. The normalized spacial score (nSPS) is 17.9. The minimum absolute atomic E-state index is 0.184. The van der Waals surface area contributed by atoms with Gasteiger partial charge in [-0.2, -0.15) is 0 Å². The van der Waals surface area contributed by atoms with Gasteiger partial charge in [0.05, 0.1) is 0 Å². The first-order chi connectivity index (χ1) is 9.92. The number of likely N-dealkylation sites (tertiary alicyclic amines) is 1. The SMILES string of the molecule is CC(CN1CCCC1)NCc1ccc(OC(F)(F)F)cc1. The number of nitrogens with zero attached hydrogens (tertiary/aromatic N) is 1. The molecule has 0 amide bonds. The molecular formula is C15H21F3N2O. The summed E-state index contributed by atoms with van der Waals surface area (Å²) in [6, 6.07) is 6.34. The molecule has 3 nitrogen and oxygen atoms in total. The zero-order valence-corrected chi connectivity index (χ0v) is 12.1. The van der Waals surface area contributed by atoms with E-state index in [-0.39, 0.29) is 5.75 Å². The molecule has 0 radical (unpaired) electrons. The van der Waals surface area contributed by atoms with E-state index < -0.39 is 6.36 Å². The van der Waals surface area contributed by atoms with Gasteiger partial charge in [-0.1, -0.05) is 12.1 Å². The van der Waals surface area contributed by atoms with Gasteiger partial charge in [-0.25, -0.2) is 0 Å². The lowest BCUT2D eigenvalue weighted by Crippen LogP contribution is -2.37. The van der Waals surface area contributed by atoms with Gasteiger partial charge in [0, 0.05) is 19.1 Å². The number of nitrogens with one attached hydrogen (secondary N) is 1. The highest BCUT2D eigenvalue weighted by molar-refractivity contribution is 5.27. The molecule has 0 spiro atoms. The van der Waals surface area contributed by atoms with Gasteiger partial charge in [0.25, 0.3) is 0 Å². The van der Waals surface area contributed by atoms with E-state index in [0.717, 1.165) is 25.2 Å². The number of halogens is 3. The van der Waals surface area contributed by atoms with Gasteiger partial charge in [-0.3, -0.25) is 0 Å². The highest BCUT2D eigenvalue weighted by Gasteiger charge is 2.30. The largest absolute Gasteiger partial charge is 0.573 e. The molecule has 1 aliphatic rings. The Labute approximate surface area is 123 Å². The molecule has 6 heteroatoms. The van der Waals surface area contributed by atoms with Crippen LogP contribution in [-0.2, 0) is 6.54 Å². The molecule has 1 fully saturated rings. The second kappa shape index (κ2) is 7.13. The molecule has 0 saturated carbocycles. The fraction of sp³-hybridized carbons (Fsp3) is 0.600. The zero-order valence-electron chi connectivity index (χ0n) is 12.1. The second-order valence-corrected chi connectivity index (χ2v) is 5.48. The van der Waals surface area contributed by atoms with Crippen LogP contribution in [0.4, 0.5) is 13.2 Å². The monoisotopic (exact) mass is 302 g/mol. The van der Waals surface area contributed by atoms with Gasteiger partial charge in [0.1, 0.15) is 5.75 Å². The zero-order chi connectivity index (χ0) is 15.3. The van der Waals surface area contributed by atoms with Crippen LogP contribution < -0.4 is 10.1 Å². The first-order valence-electron chi connectivity index (χ1n) is 7.23. The summed E-state index contributed by atoms with van der Waals surface area (Å²) in [5, 5.41) is 3.39. The van der Waals surface area contributed by atoms with Crippen molar-refractivity contribution in [2.24, 2.45) is 0 Å². The molecule has 1 aromatic carbocycles. The van der Waals surface area contributed by atoms with Gasteiger partial charge in [-0.05, 0) is 50.6 Å². The van der Waals surface area contributed by atoms with Crippen molar-refractivity contribution in [3.63, 3.8) is 0 Å². The van der Waals surface area contributed by atoms with Crippen molar-refractivity contribution in [2.45, 2.75) is 38.7 Å². The van der Waals surface area contributed by atoms with E-state index in [1.165, 1.54) is 25.0 Å². The molecule has 1 saturated heterocycles. The topological polar surface area (TPSA) is 24.5 Å². The lowest BCUT2D eigenvalue weighted by molar-refractivity contribution is -0.274. The number of hydrogen-bond acceptors (Lipinski definition) is 3. The highest BCUT2D eigenvalue weighted by atomic mass is 19.4. The third-order valence-electron chi connectivity index (χ3n) is 3.54. The van der Waals surface area contributed by atoms with Crippen molar-refractivity contribution in [3.05, 3.63) is 29.8 Å². The predicted octanol–water partition coefficient (Wildman–Crippen LogP) is 3.16. The van der Waals surface area contributed by atoms with E-state index >= 15 is 0 Å². The minimum atomic E-state index is -4.63. The Morgan fingerprint density at radius 1 is 1.19 bits per heavy atom. The van der Waals surface area contributed by atoms with Crippen LogP contribution in [0.1, 0.15) is 25.3 Å². The Morgan fingerprint density at radius 3 is 2.38 bits per heavy atom. The molecular weight excluding hydrogens is 281 g/mol. The van der Waals surface area contributed by atoms with E-state index in [1.54, 1.807) is 12.1 Å². The van der Waals surface area contributed by atoms with Crippen molar-refractivity contribution < 1.29 is 17.9 Å². The van der Waals surface area contributed by atoms with E-state index in [4.69, 9.17) is 0 Å². The second-order valence-electron chi connectivity index (χ2n) is 5.48. The van der Waals surface area contributed by atoms with E-state index in [2.05, 4.69) is 21.9 Å². The summed E-state index contributed by atoms with van der Waals surface area (Å²) in [5.41, 5.74) is 0.942. The fourth-order valence-electron chi connectivity index (χ4n) is 2.52. The van der Waals surface area contributed by atoms with E-state index in [9.17, 15) is 13.2 Å². The molecule has 118 valence electrons. The van der Waals surface area contributed by atoms with Gasteiger partial charge < -0.3 is 15.0 Å². The van der Waals surface area contributed by atoms with Crippen LogP contribution in [0.2, 0.25) is 0 Å². The van der Waals surface area contributed by atoms with E-state index in [1.807, 2.05) is 0 Å². The number of rotatable bonds is 6. The predicted molar refractivity (Wildman–Crippen MR) is 75.1 cm³/mol. The Morgan fingerprint density at radius 2 is 1.81 bits per heavy atom. The quantitative estimate of drug-likeness (QED) is 0.873. The van der Waals surface area contributed by atoms with Crippen LogP contribution in [0.25, 0.3) is 0 Å². The maximum absolute atomic E-state index is 12.1. The third kappa shape index (κ3) is 5.93. The van der Waals surface area contributed by atoms with Gasteiger partial charge in [-0.15, -0.1) is 13.2 Å². The lowest BCUT2D eigenvalue weighted by Gasteiger charge is -2.21. The highest BCUT2D eigenvalue weighted by Crippen LogP contribution is 2.22. The van der Waals surface area contributed by atoms with Crippen LogP contribution in [-0.4, -0.2) is 36.9 Å². The molecule has 0 aromatic heterocycles. The smallest absolute Gasteiger partial charge is 0.406 e. The average Bonchev–Trinajstić information content (AvgIpc) is 2.89. The summed E-state index contributed by atoms with van der Waals surface area (Å²) < 4.78 is 40.0. The van der Waals surface area contributed by atoms with Crippen LogP contribution in [0.5, 0.6) is 5.75 Å². The molecule has 1 atom stereocenters. The first-order valence-corrected chi connectivity index (χ1v) is 7.23. The lowest BCUT2D eigenvalue weighted by atomic mass is 10.2. The number of hydrogen-bond donors (Lipinski definition) is 1. The maximum Gasteiger partial charge on any atom is 0.573 e. The van der Waals surface area contributed by atoms with Crippen LogP contribution in [0.15, 0.2) is 24.3 Å². The molecule has 1 heterocycles. The van der Waals surface area contributed by atoms with Crippen molar-refractivity contribution in [3.8, 4) is 5.75 Å². The van der Waals surface area contributed by atoms with Crippen molar-refractivity contribution in [1.29, 1.82) is 0 Å². The Kier molecular flexibility index (Phi) is 5.47. The van der Waals surface area contributed by atoms with Crippen LogP contribution in [0, 0.1) is 0 Å². The summed E-state index contributed by atoms with van der Waals surface area (Å²) in [5.74, 6) is -0.184. The van der Waals surface area contributed by atoms with Crippen molar-refractivity contribution in [2.75, 3.05) is 19.6 Å². The van der Waals surface area contributed by atoms with Gasteiger partial charge in [0.2, 0.25) is 0 Å². The number of ether oxygens (including phenoxy) is 1. The molecule has 2 rings (SSSR count). The average molecular weight is 302 g/mol. The number of benzene rings is 1. The summed E-state index contributed by atoms with van der Waals surface area (Å²) >= 11 is 0.